The van der Waals surface area contributed by atoms with Gasteiger partial charge in [-0.15, -0.1) is 0 Å². The summed E-state index contributed by atoms with van der Waals surface area (Å²) in [6.07, 6.45) is 8.83. The second-order valence-electron chi connectivity index (χ2n) is 5.87. The highest BCUT2D eigenvalue weighted by Crippen LogP contribution is 2.25. The molecule has 4 heteroatoms. The molecule has 0 aliphatic heterocycles. The molecular formula is C17H21N3S. The minimum absolute atomic E-state index is 0.496. The van der Waals surface area contributed by atoms with Crippen LogP contribution in [0.3, 0.4) is 0 Å². The van der Waals surface area contributed by atoms with Gasteiger partial charge < -0.3 is 10.6 Å². The average molecular weight is 299 g/mol. The number of aromatic nitrogens is 1. The van der Waals surface area contributed by atoms with Gasteiger partial charge in [0.2, 0.25) is 0 Å². The summed E-state index contributed by atoms with van der Waals surface area (Å²) in [5.74, 6) is 0.690. The minimum atomic E-state index is 0.496. The molecule has 0 amide bonds. The van der Waals surface area contributed by atoms with E-state index < -0.39 is 0 Å². The molecule has 0 bridgehead atoms. The molecule has 0 spiro atoms. The molecule has 2 aromatic rings. The molecule has 3 nitrogen and oxygen atoms in total. The van der Waals surface area contributed by atoms with E-state index in [4.69, 9.17) is 12.2 Å². The van der Waals surface area contributed by atoms with Gasteiger partial charge in [0.25, 0.3) is 0 Å². The van der Waals surface area contributed by atoms with Crippen molar-refractivity contribution in [2.45, 2.75) is 38.6 Å². The lowest BCUT2D eigenvalue weighted by molar-refractivity contribution is 0.309. The van der Waals surface area contributed by atoms with Gasteiger partial charge in [0.05, 0.1) is 0 Å². The van der Waals surface area contributed by atoms with Gasteiger partial charge in [-0.05, 0) is 43.1 Å². The smallest absolute Gasteiger partial charge is 0.171 e. The summed E-state index contributed by atoms with van der Waals surface area (Å²) >= 11 is 5.49. The van der Waals surface area contributed by atoms with Crippen LogP contribution in [0, 0.1) is 5.92 Å². The van der Waals surface area contributed by atoms with Crippen LogP contribution in [0.15, 0.2) is 36.7 Å². The lowest BCUT2D eigenvalue weighted by Crippen LogP contribution is -2.43. The zero-order chi connectivity index (χ0) is 14.7. The maximum absolute atomic E-state index is 5.49. The fourth-order valence-corrected chi connectivity index (χ4v) is 3.35. The summed E-state index contributed by atoms with van der Waals surface area (Å²) in [6, 6.07) is 8.66. The molecule has 0 radical (unpaired) electrons. The van der Waals surface area contributed by atoms with Crippen molar-refractivity contribution in [1.29, 1.82) is 0 Å². The Morgan fingerprint density at radius 2 is 2.10 bits per heavy atom. The van der Waals surface area contributed by atoms with Gasteiger partial charge in [-0.1, -0.05) is 31.9 Å². The van der Waals surface area contributed by atoms with Gasteiger partial charge in [-0.3, -0.25) is 4.98 Å². The molecule has 1 heterocycles. The first-order valence-electron chi connectivity index (χ1n) is 7.64. The number of anilines is 1. The van der Waals surface area contributed by atoms with Gasteiger partial charge in [0.15, 0.2) is 5.11 Å². The lowest BCUT2D eigenvalue weighted by Gasteiger charge is -2.30. The van der Waals surface area contributed by atoms with Crippen molar-refractivity contribution >= 4 is 33.8 Å². The van der Waals surface area contributed by atoms with Crippen LogP contribution in [0.5, 0.6) is 0 Å². The van der Waals surface area contributed by atoms with Crippen LogP contribution in [0.4, 0.5) is 5.69 Å². The fourth-order valence-electron chi connectivity index (χ4n) is 3.09. The number of benzene rings is 1. The van der Waals surface area contributed by atoms with Gasteiger partial charge in [0, 0.05) is 34.9 Å². The first-order valence-corrected chi connectivity index (χ1v) is 8.05. The normalized spacial score (nSPS) is 22.0. The molecule has 110 valence electrons. The Morgan fingerprint density at radius 1 is 1.24 bits per heavy atom. The molecule has 2 N–H and O–H groups in total. The second-order valence-corrected chi connectivity index (χ2v) is 6.28. The first-order chi connectivity index (χ1) is 10.2. The Morgan fingerprint density at radius 3 is 2.95 bits per heavy atom. The standard InChI is InChI=1S/C17H21N3S/c1-12-5-2-3-7-15(12)19-17(21)20-16-8-4-6-13-11-18-10-9-14(13)16/h4,6,8-12,15H,2-3,5,7H2,1H3,(H2,19,20,21)/t12-,15-/m0/s1. The quantitative estimate of drug-likeness (QED) is 0.819. The molecular weight excluding hydrogens is 278 g/mol. The summed E-state index contributed by atoms with van der Waals surface area (Å²) < 4.78 is 0. The lowest BCUT2D eigenvalue weighted by atomic mass is 9.86. The van der Waals surface area contributed by atoms with Crippen molar-refractivity contribution < 1.29 is 0 Å². The molecule has 1 fully saturated rings. The minimum Gasteiger partial charge on any atom is -0.359 e. The van der Waals surface area contributed by atoms with Crippen LogP contribution >= 0.6 is 12.2 Å². The topological polar surface area (TPSA) is 37.0 Å². The summed E-state index contributed by atoms with van der Waals surface area (Å²) in [5, 5.41) is 9.82. The van der Waals surface area contributed by atoms with Crippen LogP contribution in [0.2, 0.25) is 0 Å². The van der Waals surface area contributed by atoms with Crippen molar-refractivity contribution in [3.05, 3.63) is 36.7 Å². The van der Waals surface area contributed by atoms with Crippen molar-refractivity contribution in [1.82, 2.24) is 10.3 Å². The predicted octanol–water partition coefficient (Wildman–Crippen LogP) is 4.10. The summed E-state index contributed by atoms with van der Waals surface area (Å²) in [6.45, 7) is 2.31. The third-order valence-electron chi connectivity index (χ3n) is 4.36. The fraction of sp³-hybridized carbons (Fsp3) is 0.412. The molecule has 1 saturated carbocycles. The summed E-state index contributed by atoms with van der Waals surface area (Å²) in [4.78, 5) is 4.16. The van der Waals surface area contributed by atoms with Crippen LogP contribution < -0.4 is 10.6 Å². The van der Waals surface area contributed by atoms with E-state index in [0.717, 1.165) is 21.6 Å². The van der Waals surface area contributed by atoms with Crippen LogP contribution in [-0.2, 0) is 0 Å². The van der Waals surface area contributed by atoms with Gasteiger partial charge in [0.1, 0.15) is 0 Å². The predicted molar refractivity (Wildman–Crippen MR) is 92.5 cm³/mol. The van der Waals surface area contributed by atoms with E-state index in [1.54, 1.807) is 0 Å². The molecule has 1 aliphatic rings. The maximum Gasteiger partial charge on any atom is 0.171 e. The van der Waals surface area contributed by atoms with Gasteiger partial charge in [-0.2, -0.15) is 0 Å². The van der Waals surface area contributed by atoms with E-state index in [1.165, 1.54) is 25.7 Å². The number of hydrogen-bond donors (Lipinski definition) is 2. The van der Waals surface area contributed by atoms with E-state index in [0.29, 0.717) is 12.0 Å². The Balaban J connectivity index is 1.71. The third-order valence-corrected chi connectivity index (χ3v) is 4.58. The molecule has 1 aromatic heterocycles. The van der Waals surface area contributed by atoms with Crippen LogP contribution in [0.1, 0.15) is 32.6 Å². The molecule has 1 aromatic carbocycles. The van der Waals surface area contributed by atoms with Crippen LogP contribution in [0.25, 0.3) is 10.8 Å². The molecule has 2 atom stereocenters. The molecule has 3 rings (SSSR count). The Hall–Kier alpha value is -1.68. The van der Waals surface area contributed by atoms with E-state index in [-0.39, 0.29) is 0 Å². The largest absolute Gasteiger partial charge is 0.359 e. The maximum atomic E-state index is 5.49. The molecule has 1 aliphatic carbocycles. The summed E-state index contributed by atoms with van der Waals surface area (Å²) in [5.41, 5.74) is 1.04. The molecule has 0 saturated heterocycles. The highest BCUT2D eigenvalue weighted by molar-refractivity contribution is 7.80. The number of nitrogens with one attached hydrogen (secondary N) is 2. The van der Waals surface area contributed by atoms with E-state index >= 15 is 0 Å². The van der Waals surface area contributed by atoms with Gasteiger partial charge >= 0.3 is 0 Å². The number of hydrogen-bond acceptors (Lipinski definition) is 2. The Bertz CT molecular complexity index is 635. The number of fused-ring (bicyclic) bond motifs is 1. The van der Waals surface area contributed by atoms with Gasteiger partial charge in [-0.25, -0.2) is 0 Å². The monoisotopic (exact) mass is 299 g/mol. The number of thiocarbonyl (C=S) groups is 1. The zero-order valence-electron chi connectivity index (χ0n) is 12.3. The SMILES string of the molecule is C[C@H]1CCCC[C@@H]1NC(=S)Nc1cccc2cnccc12. The highest BCUT2D eigenvalue weighted by atomic mass is 32.1. The van der Waals surface area contributed by atoms with Crippen molar-refractivity contribution in [2.75, 3.05) is 5.32 Å². The number of rotatable bonds is 2. The Labute approximate surface area is 131 Å². The van der Waals surface area contributed by atoms with Crippen LogP contribution in [-0.4, -0.2) is 16.1 Å². The average Bonchev–Trinajstić information content (AvgIpc) is 2.50. The van der Waals surface area contributed by atoms with Crippen molar-refractivity contribution in [3.63, 3.8) is 0 Å². The third kappa shape index (κ3) is 3.32. The van der Waals surface area contributed by atoms with E-state index in [1.807, 2.05) is 24.5 Å². The summed E-state index contributed by atoms with van der Waals surface area (Å²) in [7, 11) is 0. The molecule has 0 unspecified atom stereocenters. The van der Waals surface area contributed by atoms with Crippen molar-refractivity contribution in [3.8, 4) is 0 Å². The van der Waals surface area contributed by atoms with Crippen molar-refractivity contribution in [2.24, 2.45) is 5.92 Å². The second kappa shape index (κ2) is 6.39. The van der Waals surface area contributed by atoms with E-state index in [2.05, 4.69) is 34.7 Å². The molecule has 21 heavy (non-hydrogen) atoms. The first kappa shape index (κ1) is 14.3. The number of pyridine rings is 1. The number of nitrogens with zero attached hydrogens (tertiary/aromatic N) is 1. The zero-order valence-corrected chi connectivity index (χ0v) is 13.1. The Kier molecular flexibility index (Phi) is 4.34. The van der Waals surface area contributed by atoms with E-state index in [9.17, 15) is 0 Å². The highest BCUT2D eigenvalue weighted by Gasteiger charge is 2.21.